The SMILES string of the molecule is COc1ccc([C@@H](CC[NH3+])c2ccc(F)cc2)cc1. The van der Waals surface area contributed by atoms with E-state index in [1.54, 1.807) is 7.11 Å². The summed E-state index contributed by atoms with van der Waals surface area (Å²) in [7, 11) is 1.66. The highest BCUT2D eigenvalue weighted by atomic mass is 19.1. The summed E-state index contributed by atoms with van der Waals surface area (Å²) in [5.74, 6) is 0.895. The fraction of sp³-hybridized carbons (Fsp3) is 0.250. The Hall–Kier alpha value is -1.87. The third-order valence-electron chi connectivity index (χ3n) is 3.28. The Morgan fingerprint density at radius 2 is 1.53 bits per heavy atom. The van der Waals surface area contributed by atoms with Crippen molar-refractivity contribution >= 4 is 0 Å². The molecule has 0 spiro atoms. The molecule has 19 heavy (non-hydrogen) atoms. The molecule has 3 N–H and O–H groups in total. The van der Waals surface area contributed by atoms with Crippen LogP contribution in [0.25, 0.3) is 0 Å². The van der Waals surface area contributed by atoms with Gasteiger partial charge < -0.3 is 10.5 Å². The van der Waals surface area contributed by atoms with Crippen LogP contribution < -0.4 is 10.5 Å². The maximum Gasteiger partial charge on any atom is 0.123 e. The molecule has 0 unspecified atom stereocenters. The number of benzene rings is 2. The number of rotatable bonds is 5. The predicted octanol–water partition coefficient (Wildman–Crippen LogP) is 2.60. The maximum atomic E-state index is 13.0. The summed E-state index contributed by atoms with van der Waals surface area (Å²) in [6, 6.07) is 14.7. The number of halogens is 1. The average molecular weight is 260 g/mol. The second-order valence-electron chi connectivity index (χ2n) is 4.52. The van der Waals surface area contributed by atoms with Gasteiger partial charge in [-0.05, 0) is 35.4 Å². The molecule has 2 rings (SSSR count). The zero-order chi connectivity index (χ0) is 13.7. The van der Waals surface area contributed by atoms with E-state index in [-0.39, 0.29) is 11.7 Å². The second kappa shape index (κ2) is 6.34. The van der Waals surface area contributed by atoms with E-state index in [4.69, 9.17) is 4.74 Å². The molecule has 0 saturated carbocycles. The molecule has 0 aromatic heterocycles. The number of hydrogen-bond donors (Lipinski definition) is 1. The van der Waals surface area contributed by atoms with Crippen molar-refractivity contribution < 1.29 is 14.9 Å². The number of quaternary nitrogens is 1. The van der Waals surface area contributed by atoms with Gasteiger partial charge in [0.15, 0.2) is 0 Å². The standard InChI is InChI=1S/C16H18FNO/c1-19-15-8-4-13(5-9-15)16(10-11-18)12-2-6-14(17)7-3-12/h2-9,16H,10-11,18H2,1H3/p+1/t16-/m0/s1. The van der Waals surface area contributed by atoms with Crippen LogP contribution in [0.2, 0.25) is 0 Å². The summed E-state index contributed by atoms with van der Waals surface area (Å²) >= 11 is 0. The number of hydrogen-bond acceptors (Lipinski definition) is 1. The molecule has 0 aliphatic rings. The molecule has 0 bridgehead atoms. The molecule has 2 aromatic rings. The minimum atomic E-state index is -0.202. The van der Waals surface area contributed by atoms with Crippen LogP contribution in [0.1, 0.15) is 23.5 Å². The Balaban J connectivity index is 2.30. The van der Waals surface area contributed by atoms with Gasteiger partial charge in [0.2, 0.25) is 0 Å². The van der Waals surface area contributed by atoms with E-state index in [2.05, 4.69) is 17.9 Å². The molecule has 3 heteroatoms. The third-order valence-corrected chi connectivity index (χ3v) is 3.28. The van der Waals surface area contributed by atoms with Gasteiger partial charge in [0.05, 0.1) is 13.7 Å². The normalized spacial score (nSPS) is 12.2. The molecule has 0 radical (unpaired) electrons. The van der Waals surface area contributed by atoms with E-state index >= 15 is 0 Å². The lowest BCUT2D eigenvalue weighted by molar-refractivity contribution is -0.368. The van der Waals surface area contributed by atoms with E-state index in [9.17, 15) is 4.39 Å². The monoisotopic (exact) mass is 260 g/mol. The first-order valence-corrected chi connectivity index (χ1v) is 6.43. The zero-order valence-corrected chi connectivity index (χ0v) is 11.1. The van der Waals surface area contributed by atoms with Crippen LogP contribution in [-0.2, 0) is 0 Å². The first-order valence-electron chi connectivity index (χ1n) is 6.43. The second-order valence-corrected chi connectivity index (χ2v) is 4.52. The summed E-state index contributed by atoms with van der Waals surface area (Å²) in [5, 5.41) is 0. The highest BCUT2D eigenvalue weighted by Gasteiger charge is 2.14. The fourth-order valence-electron chi connectivity index (χ4n) is 2.26. The van der Waals surface area contributed by atoms with Crippen molar-refractivity contribution in [3.8, 4) is 5.75 Å². The van der Waals surface area contributed by atoms with Gasteiger partial charge in [0, 0.05) is 12.3 Å². The summed E-state index contributed by atoms with van der Waals surface area (Å²) in [6.45, 7) is 0.841. The van der Waals surface area contributed by atoms with E-state index in [1.165, 1.54) is 17.7 Å². The molecular weight excluding hydrogens is 241 g/mol. The average Bonchev–Trinajstić information content (AvgIpc) is 2.46. The van der Waals surface area contributed by atoms with Crippen LogP contribution in [0.5, 0.6) is 5.75 Å². The van der Waals surface area contributed by atoms with Gasteiger partial charge in [0.1, 0.15) is 11.6 Å². The molecule has 0 heterocycles. The first-order chi connectivity index (χ1) is 9.24. The molecule has 0 saturated heterocycles. The first kappa shape index (κ1) is 13.6. The smallest absolute Gasteiger partial charge is 0.123 e. The molecule has 0 amide bonds. The molecule has 0 fully saturated rings. The van der Waals surface area contributed by atoms with Crippen LogP contribution in [0.3, 0.4) is 0 Å². The lowest BCUT2D eigenvalue weighted by atomic mass is 9.88. The molecule has 0 aliphatic carbocycles. The number of ether oxygens (including phenoxy) is 1. The van der Waals surface area contributed by atoms with Crippen molar-refractivity contribution in [3.63, 3.8) is 0 Å². The topological polar surface area (TPSA) is 36.9 Å². The van der Waals surface area contributed by atoms with Gasteiger partial charge in [-0.3, -0.25) is 0 Å². The van der Waals surface area contributed by atoms with E-state index in [1.807, 2.05) is 24.3 Å². The molecule has 2 aromatic carbocycles. The van der Waals surface area contributed by atoms with Gasteiger partial charge in [0.25, 0.3) is 0 Å². The summed E-state index contributed by atoms with van der Waals surface area (Å²) in [4.78, 5) is 0. The lowest BCUT2D eigenvalue weighted by Crippen LogP contribution is -2.50. The van der Waals surface area contributed by atoms with Crippen LogP contribution in [0, 0.1) is 5.82 Å². The zero-order valence-electron chi connectivity index (χ0n) is 11.1. The van der Waals surface area contributed by atoms with Crippen LogP contribution in [0.4, 0.5) is 4.39 Å². The van der Waals surface area contributed by atoms with E-state index in [0.29, 0.717) is 0 Å². The minimum Gasteiger partial charge on any atom is -0.497 e. The van der Waals surface area contributed by atoms with Gasteiger partial charge in [-0.25, -0.2) is 4.39 Å². The van der Waals surface area contributed by atoms with Gasteiger partial charge in [-0.1, -0.05) is 24.3 Å². The fourth-order valence-corrected chi connectivity index (χ4v) is 2.26. The quantitative estimate of drug-likeness (QED) is 0.881. The Kier molecular flexibility index (Phi) is 4.53. The molecule has 2 nitrogen and oxygen atoms in total. The minimum absolute atomic E-state index is 0.202. The van der Waals surface area contributed by atoms with Crippen LogP contribution in [0.15, 0.2) is 48.5 Å². The van der Waals surface area contributed by atoms with Crippen LogP contribution in [-0.4, -0.2) is 13.7 Å². The molecule has 0 aliphatic heterocycles. The Morgan fingerprint density at radius 3 is 2.00 bits per heavy atom. The largest absolute Gasteiger partial charge is 0.497 e. The highest BCUT2D eigenvalue weighted by Crippen LogP contribution is 2.28. The van der Waals surface area contributed by atoms with Crippen molar-refractivity contribution in [1.82, 2.24) is 0 Å². The predicted molar refractivity (Wildman–Crippen MR) is 73.6 cm³/mol. The Morgan fingerprint density at radius 1 is 1.00 bits per heavy atom. The Bertz CT molecular complexity index is 507. The van der Waals surface area contributed by atoms with E-state index < -0.39 is 0 Å². The summed E-state index contributed by atoms with van der Waals surface area (Å²) < 4.78 is 18.2. The third kappa shape index (κ3) is 3.32. The van der Waals surface area contributed by atoms with Gasteiger partial charge >= 0.3 is 0 Å². The highest BCUT2D eigenvalue weighted by molar-refractivity contribution is 5.36. The van der Waals surface area contributed by atoms with Gasteiger partial charge in [-0.2, -0.15) is 0 Å². The number of methoxy groups -OCH3 is 1. The Labute approximate surface area is 113 Å². The van der Waals surface area contributed by atoms with E-state index in [0.717, 1.165) is 24.3 Å². The van der Waals surface area contributed by atoms with Crippen molar-refractivity contribution in [3.05, 3.63) is 65.5 Å². The van der Waals surface area contributed by atoms with Crippen LogP contribution >= 0.6 is 0 Å². The van der Waals surface area contributed by atoms with Gasteiger partial charge in [-0.15, -0.1) is 0 Å². The van der Waals surface area contributed by atoms with Crippen molar-refractivity contribution in [2.24, 2.45) is 0 Å². The molecule has 1 atom stereocenters. The van der Waals surface area contributed by atoms with Crippen molar-refractivity contribution in [2.45, 2.75) is 12.3 Å². The molecule has 100 valence electrons. The molecular formula is C16H19FNO+. The maximum absolute atomic E-state index is 13.0. The van der Waals surface area contributed by atoms with Crippen molar-refractivity contribution in [1.29, 1.82) is 0 Å². The van der Waals surface area contributed by atoms with Crippen molar-refractivity contribution in [2.75, 3.05) is 13.7 Å². The summed E-state index contributed by atoms with van der Waals surface area (Å²) in [6.07, 6.45) is 0.942. The summed E-state index contributed by atoms with van der Waals surface area (Å²) in [5.41, 5.74) is 6.25. The lowest BCUT2D eigenvalue weighted by Gasteiger charge is -2.16.